The molecule has 0 aliphatic carbocycles. The SMILES string of the molecule is OCCCN1CCSCC1c1ccccc1. The molecule has 16 heavy (non-hydrogen) atoms. The standard InChI is InChI=1S/C13H19NOS/c15-9-4-7-14-8-10-16-11-13(14)12-5-2-1-3-6-12/h1-3,5-6,13,15H,4,7-11H2. The van der Waals surface area contributed by atoms with Gasteiger partial charge in [-0.25, -0.2) is 0 Å². The summed E-state index contributed by atoms with van der Waals surface area (Å²) in [6.45, 7) is 2.45. The van der Waals surface area contributed by atoms with Crippen LogP contribution in [0.3, 0.4) is 0 Å². The molecule has 3 heteroatoms. The molecular weight excluding hydrogens is 218 g/mol. The fourth-order valence-corrected chi connectivity index (χ4v) is 3.32. The highest BCUT2D eigenvalue weighted by atomic mass is 32.2. The lowest BCUT2D eigenvalue weighted by Gasteiger charge is -2.35. The zero-order chi connectivity index (χ0) is 11.2. The van der Waals surface area contributed by atoms with E-state index in [-0.39, 0.29) is 0 Å². The molecule has 2 rings (SSSR count). The molecule has 0 spiro atoms. The molecule has 1 heterocycles. The van der Waals surface area contributed by atoms with E-state index >= 15 is 0 Å². The molecule has 2 nitrogen and oxygen atoms in total. The zero-order valence-electron chi connectivity index (χ0n) is 9.51. The molecule has 1 aliphatic rings. The number of benzene rings is 1. The molecule has 0 bridgehead atoms. The van der Waals surface area contributed by atoms with Gasteiger partial charge in [0, 0.05) is 37.2 Å². The Balaban J connectivity index is 2.04. The highest BCUT2D eigenvalue weighted by Crippen LogP contribution is 2.29. The lowest BCUT2D eigenvalue weighted by molar-refractivity contribution is 0.191. The van der Waals surface area contributed by atoms with Crippen LogP contribution in [0.5, 0.6) is 0 Å². The second kappa shape index (κ2) is 6.28. The Labute approximate surface area is 102 Å². The Morgan fingerprint density at radius 1 is 1.31 bits per heavy atom. The Morgan fingerprint density at radius 2 is 2.12 bits per heavy atom. The van der Waals surface area contributed by atoms with Crippen molar-refractivity contribution >= 4 is 11.8 Å². The lowest BCUT2D eigenvalue weighted by atomic mass is 10.1. The topological polar surface area (TPSA) is 23.5 Å². The van der Waals surface area contributed by atoms with E-state index in [1.807, 2.05) is 11.8 Å². The van der Waals surface area contributed by atoms with Gasteiger partial charge in [0.15, 0.2) is 0 Å². The molecule has 1 aliphatic heterocycles. The van der Waals surface area contributed by atoms with Gasteiger partial charge in [0.25, 0.3) is 0 Å². The summed E-state index contributed by atoms with van der Waals surface area (Å²) in [4.78, 5) is 2.50. The van der Waals surface area contributed by atoms with Crippen molar-refractivity contribution in [3.05, 3.63) is 35.9 Å². The predicted octanol–water partition coefficient (Wildman–Crippen LogP) is 2.16. The van der Waals surface area contributed by atoms with Gasteiger partial charge in [-0.05, 0) is 12.0 Å². The monoisotopic (exact) mass is 237 g/mol. The summed E-state index contributed by atoms with van der Waals surface area (Å²) >= 11 is 2.03. The van der Waals surface area contributed by atoms with Gasteiger partial charge in [0.1, 0.15) is 0 Å². The molecule has 0 aromatic heterocycles. The molecule has 1 aromatic carbocycles. The first-order valence-corrected chi connectivity index (χ1v) is 7.05. The molecule has 88 valence electrons. The summed E-state index contributed by atoms with van der Waals surface area (Å²) < 4.78 is 0. The van der Waals surface area contributed by atoms with Crippen LogP contribution in [0.1, 0.15) is 18.0 Å². The van der Waals surface area contributed by atoms with Gasteiger partial charge in [-0.2, -0.15) is 11.8 Å². The van der Waals surface area contributed by atoms with Crippen LogP contribution >= 0.6 is 11.8 Å². The van der Waals surface area contributed by atoms with Crippen molar-refractivity contribution in [2.75, 3.05) is 31.2 Å². The van der Waals surface area contributed by atoms with Crippen LogP contribution in [-0.4, -0.2) is 41.2 Å². The number of hydrogen-bond acceptors (Lipinski definition) is 3. The summed E-state index contributed by atoms with van der Waals surface area (Å²) in [6.07, 6.45) is 0.883. The molecular formula is C13H19NOS. The van der Waals surface area contributed by atoms with E-state index in [0.29, 0.717) is 12.6 Å². The number of nitrogens with zero attached hydrogens (tertiary/aromatic N) is 1. The zero-order valence-corrected chi connectivity index (χ0v) is 10.3. The minimum Gasteiger partial charge on any atom is -0.396 e. The maximum absolute atomic E-state index is 8.92. The predicted molar refractivity (Wildman–Crippen MR) is 69.8 cm³/mol. The minimum atomic E-state index is 0.297. The van der Waals surface area contributed by atoms with Crippen molar-refractivity contribution in [2.24, 2.45) is 0 Å². The minimum absolute atomic E-state index is 0.297. The van der Waals surface area contributed by atoms with Crippen LogP contribution in [0.4, 0.5) is 0 Å². The van der Waals surface area contributed by atoms with Crippen molar-refractivity contribution < 1.29 is 5.11 Å². The molecule has 0 saturated carbocycles. The Hall–Kier alpha value is -0.510. The normalized spacial score (nSPS) is 22.2. The quantitative estimate of drug-likeness (QED) is 0.868. The number of aliphatic hydroxyl groups excluding tert-OH is 1. The first-order chi connectivity index (χ1) is 7.92. The third-order valence-corrected chi connectivity index (χ3v) is 4.05. The third kappa shape index (κ3) is 3.00. The van der Waals surface area contributed by atoms with Crippen molar-refractivity contribution in [3.8, 4) is 0 Å². The Kier molecular flexibility index (Phi) is 4.69. The van der Waals surface area contributed by atoms with Gasteiger partial charge in [0.05, 0.1) is 0 Å². The second-order valence-corrected chi connectivity index (χ2v) is 5.26. The summed E-state index contributed by atoms with van der Waals surface area (Å²) in [6, 6.07) is 11.2. The third-order valence-electron chi connectivity index (χ3n) is 3.03. The van der Waals surface area contributed by atoms with Gasteiger partial charge in [-0.3, -0.25) is 4.90 Å². The summed E-state index contributed by atoms with van der Waals surface area (Å²) in [5.74, 6) is 2.39. The highest BCUT2D eigenvalue weighted by Gasteiger charge is 2.23. The molecule has 0 amide bonds. The molecule has 1 N–H and O–H groups in total. The molecule has 1 saturated heterocycles. The van der Waals surface area contributed by atoms with Gasteiger partial charge >= 0.3 is 0 Å². The van der Waals surface area contributed by atoms with Gasteiger partial charge in [-0.15, -0.1) is 0 Å². The van der Waals surface area contributed by atoms with Crippen LogP contribution in [0.2, 0.25) is 0 Å². The average Bonchev–Trinajstić information content (AvgIpc) is 2.38. The van der Waals surface area contributed by atoms with E-state index < -0.39 is 0 Å². The van der Waals surface area contributed by atoms with Gasteiger partial charge < -0.3 is 5.11 Å². The van der Waals surface area contributed by atoms with Crippen molar-refractivity contribution in [1.82, 2.24) is 4.90 Å². The second-order valence-electron chi connectivity index (χ2n) is 4.11. The van der Waals surface area contributed by atoms with E-state index in [9.17, 15) is 0 Å². The molecule has 1 unspecified atom stereocenters. The van der Waals surface area contributed by atoms with Crippen LogP contribution in [0.15, 0.2) is 30.3 Å². The molecule has 1 aromatic rings. The number of rotatable bonds is 4. The number of hydrogen-bond donors (Lipinski definition) is 1. The number of aliphatic hydroxyl groups is 1. The fraction of sp³-hybridized carbons (Fsp3) is 0.538. The van der Waals surface area contributed by atoms with Crippen molar-refractivity contribution in [2.45, 2.75) is 12.5 Å². The Morgan fingerprint density at radius 3 is 2.88 bits per heavy atom. The van der Waals surface area contributed by atoms with Crippen LogP contribution in [0.25, 0.3) is 0 Å². The number of thioether (sulfide) groups is 1. The molecule has 0 radical (unpaired) electrons. The first kappa shape index (κ1) is 12.0. The largest absolute Gasteiger partial charge is 0.396 e. The lowest BCUT2D eigenvalue weighted by Crippen LogP contribution is -2.37. The maximum Gasteiger partial charge on any atom is 0.0443 e. The van der Waals surface area contributed by atoms with Crippen LogP contribution in [0, 0.1) is 0 Å². The van der Waals surface area contributed by atoms with E-state index in [1.54, 1.807) is 0 Å². The summed E-state index contributed by atoms with van der Waals surface area (Å²) in [7, 11) is 0. The fourth-order valence-electron chi connectivity index (χ4n) is 2.16. The van der Waals surface area contributed by atoms with Crippen LogP contribution < -0.4 is 0 Å². The first-order valence-electron chi connectivity index (χ1n) is 5.89. The smallest absolute Gasteiger partial charge is 0.0443 e. The summed E-state index contributed by atoms with van der Waals surface area (Å²) in [5, 5.41) is 8.92. The van der Waals surface area contributed by atoms with Crippen molar-refractivity contribution in [1.29, 1.82) is 0 Å². The summed E-state index contributed by atoms with van der Waals surface area (Å²) in [5.41, 5.74) is 1.41. The average molecular weight is 237 g/mol. The van der Waals surface area contributed by atoms with E-state index in [4.69, 9.17) is 5.11 Å². The highest BCUT2D eigenvalue weighted by molar-refractivity contribution is 7.99. The van der Waals surface area contributed by atoms with Gasteiger partial charge in [-0.1, -0.05) is 30.3 Å². The van der Waals surface area contributed by atoms with Crippen molar-refractivity contribution in [3.63, 3.8) is 0 Å². The van der Waals surface area contributed by atoms with Crippen LogP contribution in [-0.2, 0) is 0 Å². The van der Waals surface area contributed by atoms with Gasteiger partial charge in [0.2, 0.25) is 0 Å². The van der Waals surface area contributed by atoms with E-state index in [2.05, 4.69) is 35.2 Å². The molecule has 1 atom stereocenters. The van der Waals surface area contributed by atoms with E-state index in [0.717, 1.165) is 19.5 Å². The Bertz CT molecular complexity index is 304. The maximum atomic E-state index is 8.92. The molecule has 1 fully saturated rings. The van der Waals surface area contributed by atoms with E-state index in [1.165, 1.54) is 17.1 Å².